The van der Waals surface area contributed by atoms with Crippen molar-refractivity contribution in [2.24, 2.45) is 11.3 Å². The molecule has 1 unspecified atom stereocenters. The van der Waals surface area contributed by atoms with Gasteiger partial charge in [0.15, 0.2) is 0 Å². The minimum Gasteiger partial charge on any atom is -0.481 e. The molecule has 2 fully saturated rings. The second-order valence-electron chi connectivity index (χ2n) is 6.50. The number of carbonyl (C=O) groups excluding carboxylic acids is 1. The summed E-state index contributed by atoms with van der Waals surface area (Å²) in [6.45, 7) is 3.59. The standard InChI is InChI=1S/C15H25NO3/c1-12(11-14(18)19)10-13(17)16-8-6-15(7-9-16)4-2-3-5-15/h12H,2-11H2,1H3,(H,18,19). The normalized spacial score (nSPS) is 23.5. The second-order valence-corrected chi connectivity index (χ2v) is 6.50. The number of amides is 1. The molecule has 108 valence electrons. The Kier molecular flexibility index (Phi) is 4.48. The Bertz CT molecular complexity index is 337. The van der Waals surface area contributed by atoms with Gasteiger partial charge in [0.1, 0.15) is 0 Å². The summed E-state index contributed by atoms with van der Waals surface area (Å²) in [5.74, 6) is -0.738. The third kappa shape index (κ3) is 3.71. The van der Waals surface area contributed by atoms with Crippen molar-refractivity contribution in [1.29, 1.82) is 0 Å². The van der Waals surface area contributed by atoms with Crippen LogP contribution in [0.2, 0.25) is 0 Å². The van der Waals surface area contributed by atoms with Crippen molar-refractivity contribution in [3.05, 3.63) is 0 Å². The summed E-state index contributed by atoms with van der Waals surface area (Å²) in [5.41, 5.74) is 0.531. The smallest absolute Gasteiger partial charge is 0.303 e. The first kappa shape index (κ1) is 14.4. The predicted octanol–water partition coefficient (Wildman–Crippen LogP) is 2.67. The average molecular weight is 267 g/mol. The van der Waals surface area contributed by atoms with Crippen LogP contribution in [0.3, 0.4) is 0 Å². The molecular weight excluding hydrogens is 242 g/mol. The minimum absolute atomic E-state index is 0.0626. The van der Waals surface area contributed by atoms with E-state index in [4.69, 9.17) is 5.11 Å². The number of carboxylic acids is 1. The molecule has 0 aromatic heterocycles. The summed E-state index contributed by atoms with van der Waals surface area (Å²) < 4.78 is 0. The quantitative estimate of drug-likeness (QED) is 0.852. The zero-order chi connectivity index (χ0) is 13.9. The molecule has 1 heterocycles. The monoisotopic (exact) mass is 267 g/mol. The molecule has 1 spiro atoms. The van der Waals surface area contributed by atoms with Gasteiger partial charge < -0.3 is 10.0 Å². The molecule has 2 rings (SSSR count). The number of carboxylic acid groups (broad SMARTS) is 1. The van der Waals surface area contributed by atoms with E-state index in [1.807, 2.05) is 11.8 Å². The molecule has 4 nitrogen and oxygen atoms in total. The Labute approximate surface area is 115 Å². The van der Waals surface area contributed by atoms with Crippen LogP contribution in [0.15, 0.2) is 0 Å². The highest BCUT2D eigenvalue weighted by molar-refractivity contribution is 5.77. The van der Waals surface area contributed by atoms with Crippen molar-refractivity contribution in [3.63, 3.8) is 0 Å². The van der Waals surface area contributed by atoms with Crippen LogP contribution in [0.25, 0.3) is 0 Å². The molecule has 1 aliphatic heterocycles. The summed E-state index contributed by atoms with van der Waals surface area (Å²) in [6, 6.07) is 0. The van der Waals surface area contributed by atoms with Gasteiger partial charge in [-0.05, 0) is 37.0 Å². The SMILES string of the molecule is CC(CC(=O)O)CC(=O)N1CCC2(CCCC2)CC1. The molecule has 1 atom stereocenters. The maximum absolute atomic E-state index is 12.1. The van der Waals surface area contributed by atoms with E-state index in [0.29, 0.717) is 11.8 Å². The van der Waals surface area contributed by atoms with Crippen molar-refractivity contribution >= 4 is 11.9 Å². The fourth-order valence-corrected chi connectivity index (χ4v) is 3.65. The van der Waals surface area contributed by atoms with Crippen LogP contribution < -0.4 is 0 Å². The van der Waals surface area contributed by atoms with Gasteiger partial charge in [0.05, 0.1) is 0 Å². The fourth-order valence-electron chi connectivity index (χ4n) is 3.65. The Morgan fingerprint density at radius 2 is 1.68 bits per heavy atom. The van der Waals surface area contributed by atoms with Crippen LogP contribution >= 0.6 is 0 Å². The average Bonchev–Trinajstić information content (AvgIpc) is 2.77. The van der Waals surface area contributed by atoms with Crippen molar-refractivity contribution in [2.75, 3.05) is 13.1 Å². The molecule has 4 heteroatoms. The summed E-state index contributed by atoms with van der Waals surface area (Å²) in [4.78, 5) is 24.7. The zero-order valence-corrected chi connectivity index (χ0v) is 11.9. The van der Waals surface area contributed by atoms with Crippen molar-refractivity contribution in [2.45, 2.75) is 58.3 Å². The first-order valence-corrected chi connectivity index (χ1v) is 7.50. The van der Waals surface area contributed by atoms with E-state index in [1.165, 1.54) is 25.7 Å². The second kappa shape index (κ2) is 5.93. The van der Waals surface area contributed by atoms with Gasteiger partial charge in [0, 0.05) is 25.9 Å². The van der Waals surface area contributed by atoms with E-state index in [1.54, 1.807) is 0 Å². The van der Waals surface area contributed by atoms with Gasteiger partial charge in [-0.25, -0.2) is 0 Å². The van der Waals surface area contributed by atoms with Gasteiger partial charge in [-0.3, -0.25) is 9.59 Å². The van der Waals surface area contributed by atoms with Crippen LogP contribution in [0.4, 0.5) is 0 Å². The van der Waals surface area contributed by atoms with Gasteiger partial charge in [0.2, 0.25) is 5.91 Å². The van der Waals surface area contributed by atoms with E-state index in [-0.39, 0.29) is 18.2 Å². The number of rotatable bonds is 4. The number of carbonyl (C=O) groups is 2. The molecule has 0 bridgehead atoms. The number of nitrogens with zero attached hydrogens (tertiary/aromatic N) is 1. The Morgan fingerprint density at radius 3 is 2.21 bits per heavy atom. The number of hydrogen-bond donors (Lipinski definition) is 1. The lowest BCUT2D eigenvalue weighted by atomic mass is 9.77. The van der Waals surface area contributed by atoms with Crippen LogP contribution in [-0.2, 0) is 9.59 Å². The lowest BCUT2D eigenvalue weighted by Crippen LogP contribution is -2.42. The number of hydrogen-bond acceptors (Lipinski definition) is 2. The van der Waals surface area contributed by atoms with Gasteiger partial charge in [-0.1, -0.05) is 19.8 Å². The Morgan fingerprint density at radius 1 is 1.11 bits per heavy atom. The minimum atomic E-state index is -0.816. The molecule has 1 amide bonds. The van der Waals surface area contributed by atoms with Crippen LogP contribution in [0, 0.1) is 11.3 Å². The third-order valence-electron chi connectivity index (χ3n) is 4.89. The molecule has 1 aliphatic carbocycles. The highest BCUT2D eigenvalue weighted by atomic mass is 16.4. The van der Waals surface area contributed by atoms with Crippen LogP contribution in [0.1, 0.15) is 58.3 Å². The first-order chi connectivity index (χ1) is 9.01. The van der Waals surface area contributed by atoms with Gasteiger partial charge in [-0.2, -0.15) is 0 Å². The van der Waals surface area contributed by atoms with Crippen LogP contribution in [-0.4, -0.2) is 35.0 Å². The maximum atomic E-state index is 12.1. The van der Waals surface area contributed by atoms with E-state index in [2.05, 4.69) is 0 Å². The fraction of sp³-hybridized carbons (Fsp3) is 0.867. The Hall–Kier alpha value is -1.06. The first-order valence-electron chi connectivity index (χ1n) is 7.50. The highest BCUT2D eigenvalue weighted by Gasteiger charge is 2.37. The molecule has 1 saturated heterocycles. The van der Waals surface area contributed by atoms with E-state index >= 15 is 0 Å². The maximum Gasteiger partial charge on any atom is 0.303 e. The molecular formula is C15H25NO3. The van der Waals surface area contributed by atoms with E-state index in [0.717, 1.165) is 25.9 Å². The number of likely N-dealkylation sites (tertiary alicyclic amines) is 1. The largest absolute Gasteiger partial charge is 0.481 e. The van der Waals surface area contributed by atoms with Gasteiger partial charge in [0.25, 0.3) is 0 Å². The lowest BCUT2D eigenvalue weighted by Gasteiger charge is -2.39. The van der Waals surface area contributed by atoms with Crippen molar-refractivity contribution in [1.82, 2.24) is 4.90 Å². The van der Waals surface area contributed by atoms with Crippen molar-refractivity contribution in [3.8, 4) is 0 Å². The highest BCUT2D eigenvalue weighted by Crippen LogP contribution is 2.46. The lowest BCUT2D eigenvalue weighted by molar-refractivity contribution is -0.139. The molecule has 19 heavy (non-hydrogen) atoms. The predicted molar refractivity (Wildman–Crippen MR) is 72.7 cm³/mol. The summed E-state index contributed by atoms with van der Waals surface area (Å²) >= 11 is 0. The van der Waals surface area contributed by atoms with E-state index < -0.39 is 5.97 Å². The van der Waals surface area contributed by atoms with Crippen molar-refractivity contribution < 1.29 is 14.7 Å². The number of piperidine rings is 1. The third-order valence-corrected chi connectivity index (χ3v) is 4.89. The van der Waals surface area contributed by atoms with Gasteiger partial charge >= 0.3 is 5.97 Å². The topological polar surface area (TPSA) is 57.6 Å². The molecule has 0 aromatic carbocycles. The molecule has 1 saturated carbocycles. The molecule has 1 N–H and O–H groups in total. The zero-order valence-electron chi connectivity index (χ0n) is 11.9. The summed E-state index contributed by atoms with van der Waals surface area (Å²) in [5, 5.41) is 8.72. The Balaban J connectivity index is 1.77. The molecule has 0 radical (unpaired) electrons. The molecule has 2 aliphatic rings. The molecule has 0 aromatic rings. The van der Waals surface area contributed by atoms with Crippen LogP contribution in [0.5, 0.6) is 0 Å². The summed E-state index contributed by atoms with van der Waals surface area (Å²) in [6.07, 6.45) is 8.13. The van der Waals surface area contributed by atoms with Gasteiger partial charge in [-0.15, -0.1) is 0 Å². The van der Waals surface area contributed by atoms with E-state index in [9.17, 15) is 9.59 Å². The summed E-state index contributed by atoms with van der Waals surface area (Å²) in [7, 11) is 0. The number of aliphatic carboxylic acids is 1.